The molecule has 0 heterocycles. The van der Waals surface area contributed by atoms with E-state index in [0.717, 1.165) is 6.07 Å². The highest BCUT2D eigenvalue weighted by molar-refractivity contribution is 6.31. The Hall–Kier alpha value is -2.40. The van der Waals surface area contributed by atoms with Crippen molar-refractivity contribution < 1.29 is 19.1 Å². The minimum atomic E-state index is -1.07. The van der Waals surface area contributed by atoms with Crippen LogP contribution in [0.5, 0.6) is 0 Å². The second kappa shape index (κ2) is 5.71. The van der Waals surface area contributed by atoms with Crippen LogP contribution in [0.25, 0.3) is 0 Å². The molecule has 0 bridgehead atoms. The number of carbonyl (C=O) groups is 2. The maximum atomic E-state index is 13.0. The first-order valence-electron chi connectivity index (χ1n) is 5.57. The standard InChI is InChI=1S/C14H9ClFNO3/c15-11-7-10(5-6-12(11)16)17-13(18)8-1-3-9(4-2-8)14(19)20/h1-7H,(H,17,18)(H,19,20). The second-order valence-corrected chi connectivity index (χ2v) is 4.37. The highest BCUT2D eigenvalue weighted by Gasteiger charge is 2.09. The van der Waals surface area contributed by atoms with Gasteiger partial charge in [0.15, 0.2) is 0 Å². The minimum Gasteiger partial charge on any atom is -0.478 e. The zero-order chi connectivity index (χ0) is 14.7. The van der Waals surface area contributed by atoms with Crippen LogP contribution in [-0.4, -0.2) is 17.0 Å². The molecule has 0 aliphatic rings. The fourth-order valence-corrected chi connectivity index (χ4v) is 1.72. The van der Waals surface area contributed by atoms with Gasteiger partial charge in [-0.15, -0.1) is 0 Å². The molecule has 0 atom stereocenters. The number of hydrogen-bond donors (Lipinski definition) is 2. The molecule has 6 heteroatoms. The molecule has 0 aliphatic heterocycles. The molecule has 0 saturated carbocycles. The summed E-state index contributed by atoms with van der Waals surface area (Å²) in [6.07, 6.45) is 0. The lowest BCUT2D eigenvalue weighted by molar-refractivity contribution is 0.0696. The van der Waals surface area contributed by atoms with Gasteiger partial charge in [0.05, 0.1) is 10.6 Å². The molecule has 0 unspecified atom stereocenters. The molecule has 1 amide bonds. The van der Waals surface area contributed by atoms with Crippen LogP contribution in [0.2, 0.25) is 5.02 Å². The predicted molar refractivity (Wildman–Crippen MR) is 72.8 cm³/mol. The molecule has 2 N–H and O–H groups in total. The van der Waals surface area contributed by atoms with Gasteiger partial charge in [-0.1, -0.05) is 11.6 Å². The summed E-state index contributed by atoms with van der Waals surface area (Å²) >= 11 is 5.61. The van der Waals surface area contributed by atoms with E-state index in [1.807, 2.05) is 0 Å². The summed E-state index contributed by atoms with van der Waals surface area (Å²) in [4.78, 5) is 22.6. The predicted octanol–water partition coefficient (Wildman–Crippen LogP) is 3.43. The van der Waals surface area contributed by atoms with E-state index < -0.39 is 17.7 Å². The van der Waals surface area contributed by atoms with Crippen LogP contribution < -0.4 is 5.32 Å². The summed E-state index contributed by atoms with van der Waals surface area (Å²) < 4.78 is 13.0. The van der Waals surface area contributed by atoms with E-state index in [2.05, 4.69) is 5.32 Å². The molecule has 2 rings (SSSR count). The highest BCUT2D eigenvalue weighted by Crippen LogP contribution is 2.20. The van der Waals surface area contributed by atoms with E-state index in [4.69, 9.17) is 16.7 Å². The number of halogens is 2. The Morgan fingerprint density at radius 3 is 2.20 bits per heavy atom. The molecular formula is C14H9ClFNO3. The molecule has 0 radical (unpaired) electrons. The lowest BCUT2D eigenvalue weighted by Crippen LogP contribution is -2.12. The molecule has 0 aliphatic carbocycles. The van der Waals surface area contributed by atoms with Gasteiger partial charge in [-0.05, 0) is 42.5 Å². The van der Waals surface area contributed by atoms with Crippen molar-refractivity contribution in [2.75, 3.05) is 5.32 Å². The molecule has 4 nitrogen and oxygen atoms in total. The van der Waals surface area contributed by atoms with E-state index in [0.29, 0.717) is 5.69 Å². The van der Waals surface area contributed by atoms with Crippen molar-refractivity contribution in [1.29, 1.82) is 0 Å². The molecule has 20 heavy (non-hydrogen) atoms. The zero-order valence-electron chi connectivity index (χ0n) is 10.1. The number of benzene rings is 2. The van der Waals surface area contributed by atoms with Crippen LogP contribution in [0.1, 0.15) is 20.7 Å². The van der Waals surface area contributed by atoms with Gasteiger partial charge in [0.25, 0.3) is 5.91 Å². The first kappa shape index (κ1) is 14.0. The molecule has 0 aromatic heterocycles. The van der Waals surface area contributed by atoms with Gasteiger partial charge in [-0.25, -0.2) is 9.18 Å². The molecule has 0 spiro atoms. The number of nitrogens with one attached hydrogen (secondary N) is 1. The molecule has 0 fully saturated rings. The van der Waals surface area contributed by atoms with E-state index >= 15 is 0 Å². The normalized spacial score (nSPS) is 10.1. The number of amides is 1. The zero-order valence-corrected chi connectivity index (χ0v) is 10.8. The topological polar surface area (TPSA) is 66.4 Å². The Morgan fingerprint density at radius 2 is 1.65 bits per heavy atom. The van der Waals surface area contributed by atoms with Crippen molar-refractivity contribution in [2.45, 2.75) is 0 Å². The van der Waals surface area contributed by atoms with Gasteiger partial charge < -0.3 is 10.4 Å². The van der Waals surface area contributed by atoms with Gasteiger partial charge >= 0.3 is 5.97 Å². The van der Waals surface area contributed by atoms with E-state index in [9.17, 15) is 14.0 Å². The van der Waals surface area contributed by atoms with Crippen LogP contribution in [0.4, 0.5) is 10.1 Å². The maximum absolute atomic E-state index is 13.0. The Kier molecular flexibility index (Phi) is 4.00. The lowest BCUT2D eigenvalue weighted by atomic mass is 10.1. The number of carbonyl (C=O) groups excluding carboxylic acids is 1. The molecule has 102 valence electrons. The van der Waals surface area contributed by atoms with Crippen LogP contribution in [0.15, 0.2) is 42.5 Å². The van der Waals surface area contributed by atoms with E-state index in [1.165, 1.54) is 36.4 Å². The summed E-state index contributed by atoms with van der Waals surface area (Å²) in [5.74, 6) is -2.08. The van der Waals surface area contributed by atoms with Crippen LogP contribution in [-0.2, 0) is 0 Å². The third-order valence-electron chi connectivity index (χ3n) is 2.57. The quantitative estimate of drug-likeness (QED) is 0.911. The molecule has 2 aromatic carbocycles. The van der Waals surface area contributed by atoms with Crippen LogP contribution >= 0.6 is 11.6 Å². The Labute approximate surface area is 118 Å². The first-order chi connectivity index (χ1) is 9.47. The molecule has 0 saturated heterocycles. The van der Waals surface area contributed by atoms with Crippen molar-refractivity contribution >= 4 is 29.2 Å². The second-order valence-electron chi connectivity index (χ2n) is 3.97. The Balaban J connectivity index is 2.15. The van der Waals surface area contributed by atoms with Gasteiger partial charge in [-0.2, -0.15) is 0 Å². The van der Waals surface area contributed by atoms with Crippen molar-refractivity contribution in [3.63, 3.8) is 0 Å². The number of carboxylic acid groups (broad SMARTS) is 1. The summed E-state index contributed by atoms with van der Waals surface area (Å²) in [6, 6.07) is 9.26. The average molecular weight is 294 g/mol. The number of anilines is 1. The van der Waals surface area contributed by atoms with E-state index in [1.54, 1.807) is 0 Å². The number of aromatic carboxylic acids is 1. The molecular weight excluding hydrogens is 285 g/mol. The fourth-order valence-electron chi connectivity index (χ4n) is 1.54. The summed E-state index contributed by atoms with van der Waals surface area (Å²) in [5, 5.41) is 11.2. The average Bonchev–Trinajstić information content (AvgIpc) is 2.43. The Bertz CT molecular complexity index is 671. The minimum absolute atomic E-state index is 0.0892. The fraction of sp³-hybridized carbons (Fsp3) is 0. The van der Waals surface area contributed by atoms with Gasteiger partial charge in [0.1, 0.15) is 5.82 Å². The lowest BCUT2D eigenvalue weighted by Gasteiger charge is -2.06. The third kappa shape index (κ3) is 3.13. The monoisotopic (exact) mass is 293 g/mol. The highest BCUT2D eigenvalue weighted by atomic mass is 35.5. The number of rotatable bonds is 3. The Morgan fingerprint density at radius 1 is 1.05 bits per heavy atom. The smallest absolute Gasteiger partial charge is 0.335 e. The largest absolute Gasteiger partial charge is 0.478 e. The van der Waals surface area contributed by atoms with E-state index in [-0.39, 0.29) is 16.1 Å². The van der Waals surface area contributed by atoms with Gasteiger partial charge in [0, 0.05) is 11.3 Å². The van der Waals surface area contributed by atoms with Gasteiger partial charge in [-0.3, -0.25) is 4.79 Å². The van der Waals surface area contributed by atoms with Crippen LogP contribution in [0, 0.1) is 5.82 Å². The summed E-state index contributed by atoms with van der Waals surface area (Å²) in [7, 11) is 0. The van der Waals surface area contributed by atoms with Crippen LogP contribution in [0.3, 0.4) is 0 Å². The maximum Gasteiger partial charge on any atom is 0.335 e. The van der Waals surface area contributed by atoms with Crippen molar-refractivity contribution in [3.8, 4) is 0 Å². The number of carboxylic acids is 1. The third-order valence-corrected chi connectivity index (χ3v) is 2.86. The number of hydrogen-bond acceptors (Lipinski definition) is 2. The molecule has 2 aromatic rings. The summed E-state index contributed by atoms with van der Waals surface area (Å²) in [5.41, 5.74) is 0.727. The van der Waals surface area contributed by atoms with Crippen molar-refractivity contribution in [1.82, 2.24) is 0 Å². The SMILES string of the molecule is O=C(O)c1ccc(C(=O)Nc2ccc(F)c(Cl)c2)cc1. The van der Waals surface area contributed by atoms with Crippen molar-refractivity contribution in [2.24, 2.45) is 0 Å². The van der Waals surface area contributed by atoms with Gasteiger partial charge in [0.2, 0.25) is 0 Å². The first-order valence-corrected chi connectivity index (χ1v) is 5.95. The summed E-state index contributed by atoms with van der Waals surface area (Å²) in [6.45, 7) is 0. The van der Waals surface area contributed by atoms with Crippen molar-refractivity contribution in [3.05, 3.63) is 64.4 Å².